The first-order valence-electron chi connectivity index (χ1n) is 5.91. The fourth-order valence-electron chi connectivity index (χ4n) is 1.71. The van der Waals surface area contributed by atoms with Crippen molar-refractivity contribution in [3.05, 3.63) is 0 Å². The van der Waals surface area contributed by atoms with E-state index in [0.717, 1.165) is 32.2 Å². The van der Waals surface area contributed by atoms with Crippen molar-refractivity contribution in [2.45, 2.75) is 31.4 Å². The van der Waals surface area contributed by atoms with E-state index >= 15 is 0 Å². The minimum atomic E-state index is -0.385. The van der Waals surface area contributed by atoms with E-state index in [9.17, 15) is 5.11 Å². The fraction of sp³-hybridized carbons (Fsp3) is 1.00. The van der Waals surface area contributed by atoms with Crippen molar-refractivity contribution in [2.75, 3.05) is 33.0 Å². The number of hydrogen-bond acceptors (Lipinski definition) is 4. The molecule has 2 N–H and O–H groups in total. The molecule has 2 unspecified atom stereocenters. The molecule has 2 rings (SSSR count). The number of nitrogens with one attached hydrogen (secondary N) is 1. The van der Waals surface area contributed by atoms with Gasteiger partial charge in [0, 0.05) is 25.8 Å². The second-order valence-corrected chi connectivity index (χ2v) is 4.60. The molecule has 0 aromatic carbocycles. The van der Waals surface area contributed by atoms with Crippen LogP contribution in [0.2, 0.25) is 0 Å². The van der Waals surface area contributed by atoms with Crippen molar-refractivity contribution in [1.29, 1.82) is 0 Å². The van der Waals surface area contributed by atoms with E-state index in [2.05, 4.69) is 5.32 Å². The molecule has 0 amide bonds. The highest BCUT2D eigenvalue weighted by Crippen LogP contribution is 2.28. The SMILES string of the molecule is OC(CNC1CCOC1)COCC1CC1. The maximum Gasteiger partial charge on any atom is 0.0897 e. The molecule has 1 aliphatic heterocycles. The third kappa shape index (κ3) is 4.47. The lowest BCUT2D eigenvalue weighted by atomic mass is 10.2. The number of hydrogen-bond donors (Lipinski definition) is 2. The predicted molar refractivity (Wildman–Crippen MR) is 56.8 cm³/mol. The Morgan fingerprint density at radius 3 is 2.93 bits per heavy atom. The summed E-state index contributed by atoms with van der Waals surface area (Å²) in [5.74, 6) is 0.772. The Hall–Kier alpha value is -0.160. The second-order valence-electron chi connectivity index (χ2n) is 4.60. The number of ether oxygens (including phenoxy) is 2. The Kier molecular flexibility index (Phi) is 4.38. The lowest BCUT2D eigenvalue weighted by Crippen LogP contribution is -2.37. The number of rotatable bonds is 7. The van der Waals surface area contributed by atoms with Crippen molar-refractivity contribution in [3.8, 4) is 0 Å². The summed E-state index contributed by atoms with van der Waals surface area (Å²) in [5, 5.41) is 12.9. The molecule has 0 bridgehead atoms. The van der Waals surface area contributed by atoms with Gasteiger partial charge in [0.15, 0.2) is 0 Å². The van der Waals surface area contributed by atoms with Gasteiger partial charge in [-0.05, 0) is 25.2 Å². The van der Waals surface area contributed by atoms with Gasteiger partial charge in [0.2, 0.25) is 0 Å². The fourth-order valence-corrected chi connectivity index (χ4v) is 1.71. The summed E-state index contributed by atoms with van der Waals surface area (Å²) in [4.78, 5) is 0. The quantitative estimate of drug-likeness (QED) is 0.635. The molecule has 2 fully saturated rings. The summed E-state index contributed by atoms with van der Waals surface area (Å²) in [6, 6.07) is 0.420. The maximum absolute atomic E-state index is 9.61. The van der Waals surface area contributed by atoms with Gasteiger partial charge in [0.25, 0.3) is 0 Å². The molecule has 0 radical (unpaired) electrons. The van der Waals surface area contributed by atoms with E-state index in [1.165, 1.54) is 12.8 Å². The van der Waals surface area contributed by atoms with Crippen LogP contribution >= 0.6 is 0 Å². The van der Waals surface area contributed by atoms with Crippen LogP contribution in [0.1, 0.15) is 19.3 Å². The lowest BCUT2D eigenvalue weighted by molar-refractivity contribution is 0.0310. The van der Waals surface area contributed by atoms with Crippen LogP contribution in [-0.4, -0.2) is 50.2 Å². The summed E-state index contributed by atoms with van der Waals surface area (Å²) < 4.78 is 10.6. The highest BCUT2D eigenvalue weighted by Gasteiger charge is 2.22. The van der Waals surface area contributed by atoms with Crippen LogP contribution in [0.5, 0.6) is 0 Å². The van der Waals surface area contributed by atoms with Gasteiger partial charge in [-0.2, -0.15) is 0 Å². The van der Waals surface area contributed by atoms with Crippen molar-refractivity contribution in [1.82, 2.24) is 5.32 Å². The Balaban J connectivity index is 1.45. The van der Waals surface area contributed by atoms with E-state index in [0.29, 0.717) is 19.2 Å². The molecule has 0 aromatic rings. The molecule has 2 atom stereocenters. The van der Waals surface area contributed by atoms with Crippen LogP contribution in [0, 0.1) is 5.92 Å². The minimum absolute atomic E-state index is 0.385. The molecule has 1 aliphatic carbocycles. The van der Waals surface area contributed by atoms with Crippen molar-refractivity contribution in [2.24, 2.45) is 5.92 Å². The molecule has 1 saturated heterocycles. The summed E-state index contributed by atoms with van der Waals surface area (Å²) >= 11 is 0. The molecule has 0 spiro atoms. The molecule has 4 heteroatoms. The average molecular weight is 215 g/mol. The predicted octanol–water partition coefficient (Wildman–Crippen LogP) is 0.152. The third-order valence-corrected chi connectivity index (χ3v) is 2.93. The largest absolute Gasteiger partial charge is 0.389 e. The first-order valence-corrected chi connectivity index (χ1v) is 5.91. The average Bonchev–Trinajstić information content (AvgIpc) is 2.91. The van der Waals surface area contributed by atoms with Crippen molar-refractivity contribution < 1.29 is 14.6 Å². The molecule has 4 nitrogen and oxygen atoms in total. The Morgan fingerprint density at radius 1 is 1.40 bits per heavy atom. The zero-order valence-electron chi connectivity index (χ0n) is 9.15. The van der Waals surface area contributed by atoms with E-state index in [1.54, 1.807) is 0 Å². The van der Waals surface area contributed by atoms with Gasteiger partial charge in [-0.1, -0.05) is 0 Å². The van der Waals surface area contributed by atoms with Gasteiger partial charge < -0.3 is 19.9 Å². The number of aliphatic hydroxyl groups excluding tert-OH is 1. The zero-order valence-corrected chi connectivity index (χ0v) is 9.15. The molecule has 1 saturated carbocycles. The van der Waals surface area contributed by atoms with Crippen LogP contribution in [-0.2, 0) is 9.47 Å². The Bertz CT molecular complexity index is 179. The Morgan fingerprint density at radius 2 is 2.27 bits per heavy atom. The highest BCUT2D eigenvalue weighted by atomic mass is 16.5. The first-order chi connectivity index (χ1) is 7.34. The van der Waals surface area contributed by atoms with Crippen LogP contribution in [0.25, 0.3) is 0 Å². The maximum atomic E-state index is 9.61. The van der Waals surface area contributed by atoms with Gasteiger partial charge in [-0.15, -0.1) is 0 Å². The summed E-state index contributed by atoms with van der Waals surface area (Å²) in [6.45, 7) is 3.50. The topological polar surface area (TPSA) is 50.7 Å². The van der Waals surface area contributed by atoms with Crippen molar-refractivity contribution >= 4 is 0 Å². The molecule has 0 aromatic heterocycles. The summed E-state index contributed by atoms with van der Waals surface area (Å²) in [5.41, 5.74) is 0. The van der Waals surface area contributed by atoms with Gasteiger partial charge in [0.1, 0.15) is 0 Å². The molecular weight excluding hydrogens is 194 g/mol. The van der Waals surface area contributed by atoms with Crippen LogP contribution in [0.4, 0.5) is 0 Å². The molecule has 15 heavy (non-hydrogen) atoms. The first kappa shape index (κ1) is 11.3. The molecule has 2 aliphatic rings. The zero-order chi connectivity index (χ0) is 10.5. The summed E-state index contributed by atoms with van der Waals surface area (Å²) in [7, 11) is 0. The lowest BCUT2D eigenvalue weighted by Gasteiger charge is -2.15. The normalized spacial score (nSPS) is 28.2. The third-order valence-electron chi connectivity index (χ3n) is 2.93. The molecule has 1 heterocycles. The van der Waals surface area contributed by atoms with Gasteiger partial charge >= 0.3 is 0 Å². The van der Waals surface area contributed by atoms with E-state index in [4.69, 9.17) is 9.47 Å². The minimum Gasteiger partial charge on any atom is -0.389 e. The van der Waals surface area contributed by atoms with E-state index in [1.807, 2.05) is 0 Å². The molecule has 88 valence electrons. The second kappa shape index (κ2) is 5.80. The van der Waals surface area contributed by atoms with Crippen molar-refractivity contribution in [3.63, 3.8) is 0 Å². The highest BCUT2D eigenvalue weighted by molar-refractivity contribution is 4.74. The summed E-state index contributed by atoms with van der Waals surface area (Å²) in [6.07, 6.45) is 3.27. The molecular formula is C11H21NO3. The smallest absolute Gasteiger partial charge is 0.0897 e. The Labute approximate surface area is 90.9 Å². The van der Waals surface area contributed by atoms with Crippen LogP contribution in [0.15, 0.2) is 0 Å². The van der Waals surface area contributed by atoms with Gasteiger partial charge in [0.05, 0.1) is 19.3 Å². The monoisotopic (exact) mass is 215 g/mol. The van der Waals surface area contributed by atoms with Crippen LogP contribution in [0.3, 0.4) is 0 Å². The van der Waals surface area contributed by atoms with Gasteiger partial charge in [-0.3, -0.25) is 0 Å². The van der Waals surface area contributed by atoms with Gasteiger partial charge in [-0.25, -0.2) is 0 Å². The van der Waals surface area contributed by atoms with E-state index in [-0.39, 0.29) is 6.10 Å². The number of aliphatic hydroxyl groups is 1. The van der Waals surface area contributed by atoms with E-state index < -0.39 is 0 Å². The van der Waals surface area contributed by atoms with Crippen LogP contribution < -0.4 is 5.32 Å². The standard InChI is InChI=1S/C11H21NO3/c13-11(8-15-6-9-1-2-9)5-12-10-3-4-14-7-10/h9-13H,1-8H2.